The van der Waals surface area contributed by atoms with Crippen LogP contribution in [-0.4, -0.2) is 40.9 Å². The first kappa shape index (κ1) is 17.3. The van der Waals surface area contributed by atoms with Gasteiger partial charge in [-0.15, -0.1) is 10.2 Å². The summed E-state index contributed by atoms with van der Waals surface area (Å²) in [7, 11) is 1.70. The molecule has 0 fully saturated rings. The zero-order valence-corrected chi connectivity index (χ0v) is 15.0. The maximum absolute atomic E-state index is 5.40. The minimum Gasteiger partial charge on any atom is -0.496 e. The van der Waals surface area contributed by atoms with Gasteiger partial charge in [0.15, 0.2) is 11.8 Å². The zero-order valence-electron chi connectivity index (χ0n) is 15.0. The van der Waals surface area contributed by atoms with Crippen LogP contribution in [0.25, 0.3) is 0 Å². The molecule has 2 N–H and O–H groups in total. The Balaban J connectivity index is 1.57. The van der Waals surface area contributed by atoms with Crippen LogP contribution in [0.2, 0.25) is 0 Å². The van der Waals surface area contributed by atoms with Crippen LogP contribution in [0.4, 0.5) is 0 Å². The summed E-state index contributed by atoms with van der Waals surface area (Å²) < 4.78 is 7.58. The molecule has 1 aliphatic rings. The van der Waals surface area contributed by atoms with Crippen molar-refractivity contribution in [1.82, 2.24) is 25.4 Å². The highest BCUT2D eigenvalue weighted by Crippen LogP contribution is 2.17. The van der Waals surface area contributed by atoms with E-state index in [2.05, 4.69) is 43.4 Å². The molecule has 0 bridgehead atoms. The summed E-state index contributed by atoms with van der Waals surface area (Å²) in [4.78, 5) is 4.65. The first-order valence-electron chi connectivity index (χ1n) is 8.87. The number of methoxy groups -OCH3 is 1. The summed E-state index contributed by atoms with van der Waals surface area (Å²) in [5.74, 6) is 3.74. The minimum absolute atomic E-state index is 0.539. The van der Waals surface area contributed by atoms with Gasteiger partial charge in [0.25, 0.3) is 0 Å². The first-order chi connectivity index (χ1) is 12.3. The lowest BCUT2D eigenvalue weighted by atomic mass is 10.1. The van der Waals surface area contributed by atoms with Crippen LogP contribution >= 0.6 is 0 Å². The second kappa shape index (κ2) is 8.50. The Morgan fingerprint density at radius 1 is 1.28 bits per heavy atom. The van der Waals surface area contributed by atoms with E-state index in [-0.39, 0.29) is 0 Å². The van der Waals surface area contributed by atoms with E-state index in [9.17, 15) is 0 Å². The zero-order chi connectivity index (χ0) is 17.5. The van der Waals surface area contributed by atoms with Crippen LogP contribution in [0.1, 0.15) is 30.6 Å². The van der Waals surface area contributed by atoms with Gasteiger partial charge in [0.1, 0.15) is 18.1 Å². The van der Waals surface area contributed by atoms with Crippen LogP contribution in [0.3, 0.4) is 0 Å². The lowest BCUT2D eigenvalue weighted by Gasteiger charge is -2.12. The topological polar surface area (TPSA) is 76.4 Å². The molecule has 1 aromatic carbocycles. The van der Waals surface area contributed by atoms with Crippen LogP contribution in [0.5, 0.6) is 5.75 Å². The number of guanidine groups is 1. The van der Waals surface area contributed by atoms with E-state index in [0.717, 1.165) is 62.3 Å². The average Bonchev–Trinajstić information content (AvgIpc) is 3.24. The van der Waals surface area contributed by atoms with Gasteiger partial charge in [0.2, 0.25) is 0 Å². The van der Waals surface area contributed by atoms with E-state index in [1.165, 1.54) is 5.56 Å². The number of para-hydroxylation sites is 1. The number of aliphatic imine (C=N–C) groups is 1. The number of rotatable bonds is 7. The van der Waals surface area contributed by atoms with Crippen molar-refractivity contribution in [3.05, 3.63) is 41.5 Å². The average molecular weight is 342 g/mol. The second-order valence-corrected chi connectivity index (χ2v) is 5.97. The van der Waals surface area contributed by atoms with E-state index >= 15 is 0 Å². The molecule has 0 saturated carbocycles. The maximum Gasteiger partial charge on any atom is 0.191 e. The predicted molar refractivity (Wildman–Crippen MR) is 97.9 cm³/mol. The number of aryl methyl sites for hydroxylation is 1. The van der Waals surface area contributed by atoms with Crippen LogP contribution < -0.4 is 15.4 Å². The molecule has 0 aliphatic carbocycles. The molecule has 7 nitrogen and oxygen atoms in total. The lowest BCUT2D eigenvalue weighted by molar-refractivity contribution is 0.409. The van der Waals surface area contributed by atoms with Crippen molar-refractivity contribution >= 4 is 5.96 Å². The summed E-state index contributed by atoms with van der Waals surface area (Å²) in [5.41, 5.74) is 1.18. The molecule has 25 heavy (non-hydrogen) atoms. The van der Waals surface area contributed by atoms with Crippen molar-refractivity contribution in [2.45, 2.75) is 39.3 Å². The second-order valence-electron chi connectivity index (χ2n) is 5.97. The molecule has 1 aliphatic heterocycles. The molecule has 0 amide bonds. The van der Waals surface area contributed by atoms with Gasteiger partial charge in [-0.05, 0) is 31.4 Å². The highest BCUT2D eigenvalue weighted by atomic mass is 16.5. The number of aromatic nitrogens is 3. The number of nitrogens with one attached hydrogen (secondary N) is 2. The summed E-state index contributed by atoms with van der Waals surface area (Å²) >= 11 is 0. The molecule has 3 rings (SSSR count). The Labute approximate surface area is 148 Å². The van der Waals surface area contributed by atoms with Crippen molar-refractivity contribution in [1.29, 1.82) is 0 Å². The van der Waals surface area contributed by atoms with Gasteiger partial charge in [0, 0.05) is 26.1 Å². The fraction of sp³-hybridized carbons (Fsp3) is 0.500. The monoisotopic (exact) mass is 342 g/mol. The number of nitrogens with zero attached hydrogens (tertiary/aromatic N) is 4. The number of ether oxygens (including phenoxy) is 1. The lowest BCUT2D eigenvalue weighted by Crippen LogP contribution is -2.38. The number of fused-ring (bicyclic) bond motifs is 1. The molecular formula is C18H26N6O. The molecule has 0 saturated heterocycles. The molecule has 2 aromatic rings. The van der Waals surface area contributed by atoms with Gasteiger partial charge in [-0.25, -0.2) is 4.99 Å². The largest absolute Gasteiger partial charge is 0.496 e. The molecule has 7 heteroatoms. The molecule has 2 heterocycles. The number of benzene rings is 1. The molecule has 134 valence electrons. The Bertz CT molecular complexity index is 724. The molecule has 0 unspecified atom stereocenters. The van der Waals surface area contributed by atoms with Gasteiger partial charge in [-0.2, -0.15) is 0 Å². The molecule has 1 aromatic heterocycles. The standard InChI is InChI=1S/C18H26N6O/c1-3-19-18(20-11-10-14-7-4-5-8-15(14)25-2)21-13-17-23-22-16-9-6-12-24(16)17/h4-5,7-8H,3,6,9-13H2,1-2H3,(H2,19,20,21). The van der Waals surface area contributed by atoms with Crippen molar-refractivity contribution in [2.24, 2.45) is 4.99 Å². The van der Waals surface area contributed by atoms with Gasteiger partial charge < -0.3 is 19.9 Å². The van der Waals surface area contributed by atoms with E-state index < -0.39 is 0 Å². The molecule has 0 spiro atoms. The van der Waals surface area contributed by atoms with E-state index in [0.29, 0.717) is 6.54 Å². The predicted octanol–water partition coefficient (Wildman–Crippen LogP) is 1.53. The quantitative estimate of drug-likeness (QED) is 0.589. The smallest absolute Gasteiger partial charge is 0.191 e. The van der Waals surface area contributed by atoms with Gasteiger partial charge in [0.05, 0.1) is 7.11 Å². The van der Waals surface area contributed by atoms with Crippen LogP contribution in [-0.2, 0) is 25.9 Å². The van der Waals surface area contributed by atoms with Crippen molar-refractivity contribution in [2.75, 3.05) is 20.2 Å². The summed E-state index contributed by atoms with van der Waals surface area (Å²) in [6.45, 7) is 5.21. The van der Waals surface area contributed by atoms with Crippen LogP contribution in [0.15, 0.2) is 29.3 Å². The molecule has 0 atom stereocenters. The summed E-state index contributed by atoms with van der Waals surface area (Å²) in [6, 6.07) is 8.09. The fourth-order valence-corrected chi connectivity index (χ4v) is 3.04. The minimum atomic E-state index is 0.539. The van der Waals surface area contributed by atoms with Crippen molar-refractivity contribution in [3.8, 4) is 5.75 Å². The fourth-order valence-electron chi connectivity index (χ4n) is 3.04. The number of hydrogen-bond acceptors (Lipinski definition) is 4. The number of hydrogen-bond donors (Lipinski definition) is 2. The van der Waals surface area contributed by atoms with Gasteiger partial charge in [-0.1, -0.05) is 18.2 Å². The van der Waals surface area contributed by atoms with Crippen molar-refractivity contribution in [3.63, 3.8) is 0 Å². The highest BCUT2D eigenvalue weighted by molar-refractivity contribution is 5.79. The highest BCUT2D eigenvalue weighted by Gasteiger charge is 2.16. The molecule has 0 radical (unpaired) electrons. The van der Waals surface area contributed by atoms with Gasteiger partial charge in [-0.3, -0.25) is 0 Å². The summed E-state index contributed by atoms with van der Waals surface area (Å²) in [6.07, 6.45) is 3.04. The summed E-state index contributed by atoms with van der Waals surface area (Å²) in [5, 5.41) is 15.1. The Morgan fingerprint density at radius 3 is 3.00 bits per heavy atom. The SMILES string of the molecule is CCNC(=NCc1nnc2n1CCC2)NCCc1ccccc1OC. The van der Waals surface area contributed by atoms with Crippen molar-refractivity contribution < 1.29 is 4.74 Å². The van der Waals surface area contributed by atoms with Gasteiger partial charge >= 0.3 is 0 Å². The first-order valence-corrected chi connectivity index (χ1v) is 8.87. The normalized spacial score (nSPS) is 13.6. The third-order valence-corrected chi connectivity index (χ3v) is 4.29. The Hall–Kier alpha value is -2.57. The van der Waals surface area contributed by atoms with E-state index in [1.807, 2.05) is 18.2 Å². The van der Waals surface area contributed by atoms with E-state index in [4.69, 9.17) is 4.74 Å². The van der Waals surface area contributed by atoms with E-state index in [1.54, 1.807) is 7.11 Å². The third kappa shape index (κ3) is 4.29. The maximum atomic E-state index is 5.40. The Morgan fingerprint density at radius 2 is 2.16 bits per heavy atom. The third-order valence-electron chi connectivity index (χ3n) is 4.29. The Kier molecular flexibility index (Phi) is 5.87. The van der Waals surface area contributed by atoms with Crippen LogP contribution in [0, 0.1) is 0 Å². The molecular weight excluding hydrogens is 316 g/mol.